The maximum atomic E-state index is 4.43. The summed E-state index contributed by atoms with van der Waals surface area (Å²) in [5.74, 6) is 0. The molecule has 3 rings (SSSR count). The molecule has 1 saturated carbocycles. The van der Waals surface area contributed by atoms with Gasteiger partial charge in [0, 0.05) is 24.3 Å². The number of hydrogen-bond donors (Lipinski definition) is 1. The fourth-order valence-electron chi connectivity index (χ4n) is 1.45. The summed E-state index contributed by atoms with van der Waals surface area (Å²) in [7, 11) is 0. The van der Waals surface area contributed by atoms with Crippen molar-refractivity contribution in [3.63, 3.8) is 0 Å². The number of hydrogen-bond acceptors (Lipinski definition) is 4. The smallest absolute Gasteiger partial charge is 0.107 e. The number of thiophene rings is 1. The molecule has 2 nitrogen and oxygen atoms in total. The van der Waals surface area contributed by atoms with Gasteiger partial charge in [-0.2, -0.15) is 11.3 Å². The molecule has 0 bridgehead atoms. The van der Waals surface area contributed by atoms with Gasteiger partial charge >= 0.3 is 0 Å². The molecule has 0 aliphatic heterocycles. The summed E-state index contributed by atoms with van der Waals surface area (Å²) < 4.78 is 0. The predicted octanol–water partition coefficient (Wildman–Crippen LogP) is 3.12. The number of nitrogens with zero attached hydrogens (tertiary/aromatic N) is 1. The summed E-state index contributed by atoms with van der Waals surface area (Å²) in [6, 6.07) is 2.91. The zero-order valence-electron chi connectivity index (χ0n) is 8.27. The fourth-order valence-corrected chi connectivity index (χ4v) is 3.04. The highest BCUT2D eigenvalue weighted by Gasteiger charge is 2.20. The largest absolute Gasteiger partial charge is 0.308 e. The Bertz CT molecular complexity index is 429. The molecule has 0 aromatic carbocycles. The van der Waals surface area contributed by atoms with E-state index < -0.39 is 0 Å². The molecular weight excluding hydrogens is 224 g/mol. The average molecular weight is 236 g/mol. The minimum atomic E-state index is 0.762. The summed E-state index contributed by atoms with van der Waals surface area (Å²) in [5.41, 5.74) is 1.30. The first-order valence-electron chi connectivity index (χ1n) is 5.12. The van der Waals surface area contributed by atoms with Crippen LogP contribution in [0.1, 0.15) is 17.8 Å². The molecule has 0 unspecified atom stereocenters. The van der Waals surface area contributed by atoms with Crippen LogP contribution in [0.15, 0.2) is 23.0 Å². The lowest BCUT2D eigenvalue weighted by Crippen LogP contribution is -2.14. The highest BCUT2D eigenvalue weighted by Crippen LogP contribution is 2.28. The van der Waals surface area contributed by atoms with Gasteiger partial charge in [0.25, 0.3) is 0 Å². The van der Waals surface area contributed by atoms with Crippen LogP contribution >= 0.6 is 22.7 Å². The Morgan fingerprint density at radius 3 is 3.13 bits per heavy atom. The molecule has 1 N–H and O–H groups in total. The molecule has 78 valence electrons. The summed E-state index contributed by atoms with van der Waals surface area (Å²) in [6.45, 7) is 0.930. The lowest BCUT2D eigenvalue weighted by molar-refractivity contribution is 0.684. The maximum absolute atomic E-state index is 4.43. The normalized spacial score (nSPS) is 15.7. The molecule has 1 aliphatic carbocycles. The fraction of sp³-hybridized carbons (Fsp3) is 0.364. The first-order valence-corrected chi connectivity index (χ1v) is 6.88. The second-order valence-electron chi connectivity index (χ2n) is 3.79. The van der Waals surface area contributed by atoms with E-state index >= 15 is 0 Å². The number of nitrogens with one attached hydrogen (secondary N) is 1. The van der Waals surface area contributed by atoms with Crippen molar-refractivity contribution in [2.45, 2.75) is 25.4 Å². The number of rotatable bonds is 4. The Morgan fingerprint density at radius 1 is 1.47 bits per heavy atom. The Labute approximate surface area is 97.0 Å². The van der Waals surface area contributed by atoms with Gasteiger partial charge in [-0.05, 0) is 29.7 Å². The second kappa shape index (κ2) is 4.04. The molecule has 1 fully saturated rings. The standard InChI is InChI=1S/C11H12N2S2/c1-2-9(1)12-6-11-13-5-10(15-11)8-3-4-14-7-8/h3-5,7,9,12H,1-2,6H2. The number of thiazole rings is 1. The lowest BCUT2D eigenvalue weighted by Gasteiger charge is -1.96. The molecule has 1 aliphatic rings. The van der Waals surface area contributed by atoms with Gasteiger partial charge in [0.1, 0.15) is 5.01 Å². The molecular formula is C11H12N2S2. The third kappa shape index (κ3) is 2.27. The van der Waals surface area contributed by atoms with Crippen LogP contribution in [0, 0.1) is 0 Å². The van der Waals surface area contributed by atoms with Gasteiger partial charge in [-0.3, -0.25) is 0 Å². The Kier molecular flexibility index (Phi) is 2.56. The highest BCUT2D eigenvalue weighted by atomic mass is 32.1. The van der Waals surface area contributed by atoms with Crippen LogP contribution in [0.2, 0.25) is 0 Å². The molecule has 2 heterocycles. The summed E-state index contributed by atoms with van der Waals surface area (Å²) in [6.07, 6.45) is 4.65. The van der Waals surface area contributed by atoms with Gasteiger partial charge in [0.15, 0.2) is 0 Å². The van der Waals surface area contributed by atoms with E-state index in [-0.39, 0.29) is 0 Å². The van der Waals surface area contributed by atoms with Crippen LogP contribution in [0.25, 0.3) is 10.4 Å². The van der Waals surface area contributed by atoms with Crippen molar-refractivity contribution in [2.75, 3.05) is 0 Å². The summed E-state index contributed by atoms with van der Waals surface area (Å²) in [4.78, 5) is 5.71. The van der Waals surface area contributed by atoms with Crippen LogP contribution in [0.5, 0.6) is 0 Å². The van der Waals surface area contributed by atoms with Gasteiger partial charge in [-0.15, -0.1) is 11.3 Å². The second-order valence-corrected chi connectivity index (χ2v) is 5.68. The van der Waals surface area contributed by atoms with Gasteiger partial charge in [-0.25, -0.2) is 4.98 Å². The molecule has 15 heavy (non-hydrogen) atoms. The van der Waals surface area contributed by atoms with E-state index in [1.54, 1.807) is 22.7 Å². The van der Waals surface area contributed by atoms with E-state index in [9.17, 15) is 0 Å². The summed E-state index contributed by atoms with van der Waals surface area (Å²) in [5, 5.41) is 8.96. The Hall–Kier alpha value is -0.710. The topological polar surface area (TPSA) is 24.9 Å². The van der Waals surface area contributed by atoms with Crippen LogP contribution in [-0.2, 0) is 6.54 Å². The van der Waals surface area contributed by atoms with Crippen LogP contribution in [0.3, 0.4) is 0 Å². The molecule has 0 atom stereocenters. The summed E-state index contributed by atoms with van der Waals surface area (Å²) >= 11 is 3.53. The van der Waals surface area contributed by atoms with Crippen molar-refractivity contribution in [3.8, 4) is 10.4 Å². The van der Waals surface area contributed by atoms with Crippen molar-refractivity contribution in [2.24, 2.45) is 0 Å². The van der Waals surface area contributed by atoms with E-state index in [2.05, 4.69) is 27.1 Å². The zero-order valence-corrected chi connectivity index (χ0v) is 9.90. The third-order valence-electron chi connectivity index (χ3n) is 2.48. The van der Waals surface area contributed by atoms with Crippen molar-refractivity contribution < 1.29 is 0 Å². The van der Waals surface area contributed by atoms with Gasteiger partial charge < -0.3 is 5.32 Å². The quantitative estimate of drug-likeness (QED) is 0.882. The molecule has 0 spiro atoms. The SMILES string of the molecule is c1cc(-c2cnc(CNC3CC3)s2)cs1. The van der Waals surface area contributed by atoms with E-state index in [1.807, 2.05) is 6.20 Å². The highest BCUT2D eigenvalue weighted by molar-refractivity contribution is 7.15. The van der Waals surface area contributed by atoms with Crippen molar-refractivity contribution in [1.29, 1.82) is 0 Å². The molecule has 0 amide bonds. The zero-order chi connectivity index (χ0) is 10.1. The van der Waals surface area contributed by atoms with Crippen LogP contribution < -0.4 is 5.32 Å². The molecule has 0 radical (unpaired) electrons. The van der Waals surface area contributed by atoms with Crippen molar-refractivity contribution in [1.82, 2.24) is 10.3 Å². The first-order chi connectivity index (χ1) is 7.42. The van der Waals surface area contributed by atoms with Crippen LogP contribution in [0.4, 0.5) is 0 Å². The van der Waals surface area contributed by atoms with E-state index in [0.717, 1.165) is 12.6 Å². The van der Waals surface area contributed by atoms with Gasteiger partial charge in [-0.1, -0.05) is 0 Å². The van der Waals surface area contributed by atoms with E-state index in [0.29, 0.717) is 0 Å². The predicted molar refractivity (Wildman–Crippen MR) is 65.3 cm³/mol. The first kappa shape index (κ1) is 9.51. The third-order valence-corrected chi connectivity index (χ3v) is 4.21. The monoisotopic (exact) mass is 236 g/mol. The maximum Gasteiger partial charge on any atom is 0.107 e. The lowest BCUT2D eigenvalue weighted by atomic mass is 10.3. The van der Waals surface area contributed by atoms with E-state index in [4.69, 9.17) is 0 Å². The molecule has 4 heteroatoms. The van der Waals surface area contributed by atoms with Crippen molar-refractivity contribution in [3.05, 3.63) is 28.0 Å². The average Bonchev–Trinajstić information content (AvgIpc) is 2.78. The minimum absolute atomic E-state index is 0.762. The number of aromatic nitrogens is 1. The Balaban J connectivity index is 1.69. The van der Waals surface area contributed by atoms with E-state index in [1.165, 1.54) is 28.3 Å². The minimum Gasteiger partial charge on any atom is -0.308 e. The van der Waals surface area contributed by atoms with Gasteiger partial charge in [0.2, 0.25) is 0 Å². The Morgan fingerprint density at radius 2 is 2.40 bits per heavy atom. The molecule has 0 saturated heterocycles. The van der Waals surface area contributed by atoms with Gasteiger partial charge in [0.05, 0.1) is 4.88 Å². The molecule has 2 aromatic heterocycles. The van der Waals surface area contributed by atoms with Crippen molar-refractivity contribution >= 4 is 22.7 Å². The van der Waals surface area contributed by atoms with Crippen LogP contribution in [-0.4, -0.2) is 11.0 Å². The molecule has 2 aromatic rings.